The molecule has 3 aromatic rings. The molecule has 4 rings (SSSR count). The number of ether oxygens (including phenoxy) is 1. The molecule has 0 aliphatic heterocycles. The molecule has 1 aliphatic carbocycles. The van der Waals surface area contributed by atoms with Gasteiger partial charge in [-0.25, -0.2) is 4.68 Å². The first-order valence-electron chi connectivity index (χ1n) is 10.4. The van der Waals surface area contributed by atoms with Gasteiger partial charge < -0.3 is 10.1 Å². The lowest BCUT2D eigenvalue weighted by molar-refractivity contribution is -0.156. The van der Waals surface area contributed by atoms with Crippen molar-refractivity contribution in [1.29, 1.82) is 0 Å². The maximum atomic E-state index is 12.9. The third-order valence-corrected chi connectivity index (χ3v) is 6.16. The number of carbonyl (C=O) groups is 2. The predicted molar refractivity (Wildman–Crippen MR) is 123 cm³/mol. The van der Waals surface area contributed by atoms with E-state index >= 15 is 0 Å². The summed E-state index contributed by atoms with van der Waals surface area (Å²) in [5.41, 5.74) is 3.61. The third-order valence-electron chi connectivity index (χ3n) is 5.42. The first-order valence-corrected chi connectivity index (χ1v) is 11.1. The van der Waals surface area contributed by atoms with Crippen molar-refractivity contribution in [2.45, 2.75) is 45.3 Å². The Morgan fingerprint density at radius 1 is 1.12 bits per heavy atom. The second kappa shape index (κ2) is 9.35. The van der Waals surface area contributed by atoms with Crippen molar-refractivity contribution < 1.29 is 14.3 Å². The number of esters is 1. The number of benzene rings is 2. The Morgan fingerprint density at radius 3 is 2.50 bits per heavy atom. The van der Waals surface area contributed by atoms with Gasteiger partial charge in [0, 0.05) is 22.9 Å². The average Bonchev–Trinajstić information content (AvgIpc) is 3.55. The molecule has 166 valence electrons. The number of nitrogens with one attached hydrogen (secondary N) is 1. The molecular formula is C24H23Cl2N3O3. The molecule has 1 aliphatic rings. The SMILES string of the molecule is Cc1nn(-c2ccc(Cl)c(Cl)c2)c(C)c1CC(=O)OC(C(=O)NC1CC1)c1ccccc1. The molecular weight excluding hydrogens is 449 g/mol. The number of nitrogens with zero attached hydrogens (tertiary/aromatic N) is 2. The monoisotopic (exact) mass is 471 g/mol. The van der Waals surface area contributed by atoms with Crippen molar-refractivity contribution in [3.05, 3.63) is 81.1 Å². The molecule has 0 radical (unpaired) electrons. The van der Waals surface area contributed by atoms with Crippen molar-refractivity contribution in [3.63, 3.8) is 0 Å². The highest BCUT2D eigenvalue weighted by Crippen LogP contribution is 2.27. The van der Waals surface area contributed by atoms with Gasteiger partial charge >= 0.3 is 5.97 Å². The van der Waals surface area contributed by atoms with Crippen LogP contribution in [-0.2, 0) is 20.7 Å². The summed E-state index contributed by atoms with van der Waals surface area (Å²) >= 11 is 12.2. The van der Waals surface area contributed by atoms with E-state index in [1.54, 1.807) is 28.9 Å². The Labute approximate surface area is 196 Å². The van der Waals surface area contributed by atoms with Crippen LogP contribution in [0.3, 0.4) is 0 Å². The van der Waals surface area contributed by atoms with Crippen LogP contribution < -0.4 is 5.32 Å². The van der Waals surface area contributed by atoms with E-state index in [1.807, 2.05) is 38.1 Å². The molecule has 1 aromatic heterocycles. The minimum atomic E-state index is -0.991. The van der Waals surface area contributed by atoms with Crippen molar-refractivity contribution >= 4 is 35.1 Å². The van der Waals surface area contributed by atoms with Gasteiger partial charge in [-0.1, -0.05) is 53.5 Å². The molecule has 1 atom stereocenters. The van der Waals surface area contributed by atoms with Crippen molar-refractivity contribution in [2.75, 3.05) is 0 Å². The van der Waals surface area contributed by atoms with Gasteiger partial charge in [0.25, 0.3) is 5.91 Å². The minimum absolute atomic E-state index is 0.000962. The highest BCUT2D eigenvalue weighted by Gasteiger charge is 2.31. The highest BCUT2D eigenvalue weighted by molar-refractivity contribution is 6.42. The zero-order chi connectivity index (χ0) is 22.8. The summed E-state index contributed by atoms with van der Waals surface area (Å²) in [6.45, 7) is 3.71. The molecule has 1 unspecified atom stereocenters. The molecule has 0 saturated heterocycles. The van der Waals surface area contributed by atoms with Crippen LogP contribution in [0.5, 0.6) is 0 Å². The Morgan fingerprint density at radius 2 is 1.84 bits per heavy atom. The number of amides is 1. The number of hydrogen-bond donors (Lipinski definition) is 1. The normalized spacial score (nSPS) is 14.1. The van der Waals surface area contributed by atoms with Crippen LogP contribution in [0.4, 0.5) is 0 Å². The maximum absolute atomic E-state index is 12.9. The van der Waals surface area contributed by atoms with E-state index in [2.05, 4.69) is 10.4 Å². The van der Waals surface area contributed by atoms with Crippen LogP contribution >= 0.6 is 23.2 Å². The van der Waals surface area contributed by atoms with Gasteiger partial charge in [-0.2, -0.15) is 5.10 Å². The van der Waals surface area contributed by atoms with Gasteiger partial charge in [0.2, 0.25) is 6.10 Å². The van der Waals surface area contributed by atoms with E-state index < -0.39 is 12.1 Å². The molecule has 1 heterocycles. The van der Waals surface area contributed by atoms with Crippen LogP contribution in [0, 0.1) is 13.8 Å². The fourth-order valence-corrected chi connectivity index (χ4v) is 3.81. The molecule has 8 heteroatoms. The molecule has 1 saturated carbocycles. The summed E-state index contributed by atoms with van der Waals surface area (Å²) in [5.74, 6) is -0.795. The summed E-state index contributed by atoms with van der Waals surface area (Å²) in [4.78, 5) is 25.6. The third kappa shape index (κ3) is 4.97. The summed E-state index contributed by atoms with van der Waals surface area (Å²) in [5, 5.41) is 8.35. The number of rotatable bonds is 7. The Hall–Kier alpha value is -2.83. The fraction of sp³-hybridized carbons (Fsp3) is 0.292. The summed E-state index contributed by atoms with van der Waals surface area (Å²) in [6.07, 6.45) is 0.912. The standard InChI is InChI=1S/C24H23Cl2N3O3/c1-14-19(15(2)29(28-14)18-10-11-20(25)21(26)12-18)13-22(30)32-23(16-6-4-3-5-7-16)24(31)27-17-8-9-17/h3-7,10-12,17,23H,8-9,13H2,1-2H3,(H,27,31). The second-order valence-corrected chi connectivity index (χ2v) is 8.71. The molecule has 6 nitrogen and oxygen atoms in total. The van der Waals surface area contributed by atoms with Gasteiger partial charge in [0.05, 0.1) is 27.8 Å². The van der Waals surface area contributed by atoms with Crippen molar-refractivity contribution in [2.24, 2.45) is 0 Å². The number of carbonyl (C=O) groups excluding carboxylic acids is 2. The summed E-state index contributed by atoms with van der Waals surface area (Å²) in [6, 6.07) is 14.4. The number of aromatic nitrogens is 2. The van der Waals surface area contributed by atoms with E-state index in [0.717, 1.165) is 29.8 Å². The molecule has 1 N–H and O–H groups in total. The largest absolute Gasteiger partial charge is 0.447 e. The lowest BCUT2D eigenvalue weighted by Crippen LogP contribution is -2.33. The molecule has 2 aromatic carbocycles. The average molecular weight is 472 g/mol. The minimum Gasteiger partial charge on any atom is -0.447 e. The van der Waals surface area contributed by atoms with Gasteiger partial charge in [-0.05, 0) is 44.9 Å². The van der Waals surface area contributed by atoms with Crippen molar-refractivity contribution in [3.8, 4) is 5.69 Å². The van der Waals surface area contributed by atoms with E-state index in [9.17, 15) is 9.59 Å². The van der Waals surface area contributed by atoms with Crippen molar-refractivity contribution in [1.82, 2.24) is 15.1 Å². The molecule has 0 spiro atoms. The van der Waals surface area contributed by atoms with Gasteiger partial charge in [0.15, 0.2) is 0 Å². The van der Waals surface area contributed by atoms with E-state index in [0.29, 0.717) is 21.3 Å². The lowest BCUT2D eigenvalue weighted by atomic mass is 10.1. The highest BCUT2D eigenvalue weighted by atomic mass is 35.5. The topological polar surface area (TPSA) is 73.2 Å². The first kappa shape index (κ1) is 22.4. The van der Waals surface area contributed by atoms with Crippen LogP contribution in [-0.4, -0.2) is 27.7 Å². The summed E-state index contributed by atoms with van der Waals surface area (Å²) < 4.78 is 7.38. The zero-order valence-corrected chi connectivity index (χ0v) is 19.3. The molecule has 1 fully saturated rings. The molecule has 1 amide bonds. The van der Waals surface area contributed by atoms with Crippen LogP contribution in [0.1, 0.15) is 41.5 Å². The molecule has 32 heavy (non-hydrogen) atoms. The second-order valence-electron chi connectivity index (χ2n) is 7.90. The van der Waals surface area contributed by atoms with Crippen LogP contribution in [0.2, 0.25) is 10.0 Å². The smallest absolute Gasteiger partial charge is 0.311 e. The maximum Gasteiger partial charge on any atom is 0.311 e. The van der Waals surface area contributed by atoms with Crippen LogP contribution in [0.25, 0.3) is 5.69 Å². The zero-order valence-electron chi connectivity index (χ0n) is 17.8. The summed E-state index contributed by atoms with van der Waals surface area (Å²) in [7, 11) is 0. The van der Waals surface area contributed by atoms with Gasteiger partial charge in [-0.3, -0.25) is 9.59 Å². The quantitative estimate of drug-likeness (QED) is 0.497. The Balaban J connectivity index is 1.54. The van der Waals surface area contributed by atoms with E-state index in [1.165, 1.54) is 0 Å². The predicted octanol–water partition coefficient (Wildman–Crippen LogP) is 4.90. The molecule has 0 bridgehead atoms. The first-order chi connectivity index (χ1) is 15.3. The number of halogens is 2. The lowest BCUT2D eigenvalue weighted by Gasteiger charge is -2.18. The number of hydrogen-bond acceptors (Lipinski definition) is 4. The van der Waals surface area contributed by atoms with Gasteiger partial charge in [-0.15, -0.1) is 0 Å². The van der Waals surface area contributed by atoms with Gasteiger partial charge in [0.1, 0.15) is 0 Å². The number of aryl methyl sites for hydroxylation is 1. The Bertz CT molecular complexity index is 1160. The Kier molecular flexibility index (Phi) is 6.53. The van der Waals surface area contributed by atoms with Crippen LogP contribution in [0.15, 0.2) is 48.5 Å². The van der Waals surface area contributed by atoms with E-state index in [-0.39, 0.29) is 18.4 Å². The fourth-order valence-electron chi connectivity index (χ4n) is 3.52. The van der Waals surface area contributed by atoms with E-state index in [4.69, 9.17) is 27.9 Å².